The highest BCUT2D eigenvalue weighted by Crippen LogP contribution is 2.22. The second-order valence-electron chi connectivity index (χ2n) is 9.20. The summed E-state index contributed by atoms with van der Waals surface area (Å²) >= 11 is 1.52. The van der Waals surface area contributed by atoms with Gasteiger partial charge in [0.1, 0.15) is 17.1 Å². The fourth-order valence-corrected chi connectivity index (χ4v) is 5.15. The Kier molecular flexibility index (Phi) is 6.42. The maximum Gasteiger partial charge on any atom is 0.267 e. The first-order valence-electron chi connectivity index (χ1n) is 12.6. The molecule has 4 heterocycles. The molecular formula is C30H23N7O2S. The fraction of sp³-hybridized carbons (Fsp3) is 0.133. The summed E-state index contributed by atoms with van der Waals surface area (Å²) in [7, 11) is 0. The van der Waals surface area contributed by atoms with Crippen LogP contribution in [0.2, 0.25) is 0 Å². The Morgan fingerprint density at radius 1 is 1.02 bits per heavy atom. The molecule has 1 amide bonds. The van der Waals surface area contributed by atoms with Crippen LogP contribution in [0.15, 0.2) is 77.3 Å². The number of para-hydroxylation sites is 1. The maximum atomic E-state index is 14.2. The number of hydrogen-bond acceptors (Lipinski definition) is 7. The summed E-state index contributed by atoms with van der Waals surface area (Å²) in [6.07, 6.45) is 3.36. The van der Waals surface area contributed by atoms with Gasteiger partial charge in [0.2, 0.25) is 0 Å². The number of carbonyl (C=O) groups is 1. The van der Waals surface area contributed by atoms with Crippen LogP contribution < -0.4 is 10.9 Å². The highest BCUT2D eigenvalue weighted by molar-refractivity contribution is 7.09. The third-order valence-electron chi connectivity index (χ3n) is 6.53. The number of nitrogens with one attached hydrogen (secondary N) is 1. The van der Waals surface area contributed by atoms with Gasteiger partial charge in [0.05, 0.1) is 33.8 Å². The first kappa shape index (κ1) is 25.2. The van der Waals surface area contributed by atoms with Crippen LogP contribution in [0.3, 0.4) is 0 Å². The summed E-state index contributed by atoms with van der Waals surface area (Å²) in [5.74, 6) is 6.25. The standard InChI is InChI=1S/C30H23N7O2S/c1-18-25(28-31-15-8-16-36(28)35-18)29(38)33-19(2)27-34-24-12-7-9-21(13-14-23-20(3)40-17-32-23)26(24)30(39)37(27)22-10-5-4-6-11-22/h4-12,15-17,19H,1-3H3,(H,33,38)/t19-/m1/s1. The smallest absolute Gasteiger partial charge is 0.267 e. The molecule has 6 rings (SSSR count). The molecule has 9 nitrogen and oxygen atoms in total. The Labute approximate surface area is 233 Å². The minimum atomic E-state index is -0.629. The Morgan fingerprint density at radius 2 is 1.85 bits per heavy atom. The van der Waals surface area contributed by atoms with Crippen molar-refractivity contribution in [3.63, 3.8) is 0 Å². The van der Waals surface area contributed by atoms with Gasteiger partial charge in [-0.3, -0.25) is 14.2 Å². The van der Waals surface area contributed by atoms with E-state index in [4.69, 9.17) is 4.98 Å². The zero-order valence-corrected chi connectivity index (χ0v) is 22.7. The number of nitrogens with zero attached hydrogens (tertiary/aromatic N) is 6. The van der Waals surface area contributed by atoms with Crippen molar-refractivity contribution in [1.29, 1.82) is 0 Å². The molecule has 40 heavy (non-hydrogen) atoms. The summed E-state index contributed by atoms with van der Waals surface area (Å²) in [6, 6.07) is 15.8. The van der Waals surface area contributed by atoms with Crippen LogP contribution in [0.5, 0.6) is 0 Å². The molecule has 1 atom stereocenters. The van der Waals surface area contributed by atoms with Crippen molar-refractivity contribution < 1.29 is 4.79 Å². The summed E-state index contributed by atoms with van der Waals surface area (Å²) in [4.78, 5) is 42.1. The van der Waals surface area contributed by atoms with E-state index in [2.05, 4.69) is 32.2 Å². The molecule has 0 bridgehead atoms. The number of hydrogen-bond donors (Lipinski definition) is 1. The van der Waals surface area contributed by atoms with E-state index in [0.717, 1.165) is 4.88 Å². The van der Waals surface area contributed by atoms with E-state index >= 15 is 0 Å². The molecule has 0 unspecified atom stereocenters. The van der Waals surface area contributed by atoms with E-state index in [1.807, 2.05) is 43.3 Å². The number of fused-ring (bicyclic) bond motifs is 2. The molecule has 0 fully saturated rings. The molecule has 0 aliphatic carbocycles. The second-order valence-corrected chi connectivity index (χ2v) is 10.3. The minimum absolute atomic E-state index is 0.277. The van der Waals surface area contributed by atoms with Crippen molar-refractivity contribution in [2.24, 2.45) is 0 Å². The molecule has 4 aromatic heterocycles. The van der Waals surface area contributed by atoms with E-state index in [0.29, 0.717) is 50.6 Å². The molecular weight excluding hydrogens is 522 g/mol. The molecule has 0 saturated carbocycles. The lowest BCUT2D eigenvalue weighted by Crippen LogP contribution is -2.33. The van der Waals surface area contributed by atoms with Gasteiger partial charge >= 0.3 is 0 Å². The quantitative estimate of drug-likeness (QED) is 0.329. The molecule has 1 N–H and O–H groups in total. The van der Waals surface area contributed by atoms with Gasteiger partial charge in [0.15, 0.2) is 5.65 Å². The van der Waals surface area contributed by atoms with Gasteiger partial charge in [-0.05, 0) is 57.0 Å². The second kappa shape index (κ2) is 10.2. The molecule has 196 valence electrons. The van der Waals surface area contributed by atoms with Crippen molar-refractivity contribution in [1.82, 2.24) is 34.4 Å². The topological polar surface area (TPSA) is 107 Å². The van der Waals surface area contributed by atoms with E-state index < -0.39 is 6.04 Å². The SMILES string of the molecule is Cc1nn2cccnc2c1C(=O)N[C@H](C)c1nc2cccc(C#Cc3ncsc3C)c2c(=O)n1-c1ccccc1. The van der Waals surface area contributed by atoms with Crippen LogP contribution in [-0.4, -0.2) is 35.0 Å². The Bertz CT molecular complexity index is 2030. The number of benzene rings is 2. The summed E-state index contributed by atoms with van der Waals surface area (Å²) in [6.45, 7) is 5.52. The predicted octanol–water partition coefficient (Wildman–Crippen LogP) is 4.39. The number of rotatable bonds is 4. The molecule has 0 aliphatic rings. The van der Waals surface area contributed by atoms with E-state index in [-0.39, 0.29) is 11.5 Å². The summed E-state index contributed by atoms with van der Waals surface area (Å²) in [5, 5.41) is 7.80. The average molecular weight is 546 g/mol. The molecule has 6 aromatic rings. The van der Waals surface area contributed by atoms with Crippen molar-refractivity contribution in [3.8, 4) is 17.5 Å². The average Bonchev–Trinajstić information content (AvgIpc) is 3.53. The Balaban J connectivity index is 1.48. The van der Waals surface area contributed by atoms with E-state index in [1.165, 1.54) is 15.9 Å². The zero-order chi connectivity index (χ0) is 27.8. The van der Waals surface area contributed by atoms with Crippen LogP contribution in [0, 0.1) is 25.7 Å². The van der Waals surface area contributed by atoms with Crippen molar-refractivity contribution in [2.75, 3.05) is 0 Å². The minimum Gasteiger partial charge on any atom is -0.342 e. The monoisotopic (exact) mass is 545 g/mol. The summed E-state index contributed by atoms with van der Waals surface area (Å²) in [5.41, 5.74) is 5.21. The molecule has 0 spiro atoms. The van der Waals surface area contributed by atoms with Crippen LogP contribution in [0.1, 0.15) is 51.0 Å². The van der Waals surface area contributed by atoms with Crippen molar-refractivity contribution in [2.45, 2.75) is 26.8 Å². The maximum absolute atomic E-state index is 14.2. The Morgan fingerprint density at radius 3 is 2.62 bits per heavy atom. The first-order chi connectivity index (χ1) is 19.4. The molecule has 0 aliphatic heterocycles. The lowest BCUT2D eigenvalue weighted by atomic mass is 10.1. The van der Waals surface area contributed by atoms with Gasteiger partial charge in [0, 0.05) is 22.8 Å². The van der Waals surface area contributed by atoms with Gasteiger partial charge in [-0.1, -0.05) is 30.2 Å². The van der Waals surface area contributed by atoms with E-state index in [1.54, 1.807) is 54.5 Å². The third kappa shape index (κ3) is 4.42. The van der Waals surface area contributed by atoms with Gasteiger partial charge in [-0.15, -0.1) is 11.3 Å². The number of aryl methyl sites for hydroxylation is 2. The largest absolute Gasteiger partial charge is 0.342 e. The fourth-order valence-electron chi connectivity index (χ4n) is 4.62. The highest BCUT2D eigenvalue weighted by Gasteiger charge is 2.24. The summed E-state index contributed by atoms with van der Waals surface area (Å²) < 4.78 is 3.10. The normalized spacial score (nSPS) is 11.8. The van der Waals surface area contributed by atoms with E-state index in [9.17, 15) is 9.59 Å². The molecule has 0 saturated heterocycles. The van der Waals surface area contributed by atoms with Gasteiger partial charge in [-0.2, -0.15) is 5.10 Å². The molecule has 2 aromatic carbocycles. The lowest BCUT2D eigenvalue weighted by Gasteiger charge is -2.20. The van der Waals surface area contributed by atoms with Crippen LogP contribution in [0.25, 0.3) is 22.2 Å². The van der Waals surface area contributed by atoms with Crippen LogP contribution in [0.4, 0.5) is 0 Å². The molecule has 0 radical (unpaired) electrons. The van der Waals surface area contributed by atoms with Gasteiger partial charge in [-0.25, -0.2) is 19.5 Å². The van der Waals surface area contributed by atoms with Gasteiger partial charge < -0.3 is 5.32 Å². The lowest BCUT2D eigenvalue weighted by molar-refractivity contribution is 0.0938. The number of carbonyl (C=O) groups excluding carboxylic acids is 1. The van der Waals surface area contributed by atoms with Crippen LogP contribution in [-0.2, 0) is 0 Å². The number of amides is 1. The van der Waals surface area contributed by atoms with Crippen LogP contribution >= 0.6 is 11.3 Å². The Hall–Kier alpha value is -5.14. The third-order valence-corrected chi connectivity index (χ3v) is 7.29. The van der Waals surface area contributed by atoms with Crippen molar-refractivity contribution in [3.05, 3.63) is 116 Å². The number of aromatic nitrogens is 6. The first-order valence-corrected chi connectivity index (χ1v) is 13.4. The zero-order valence-electron chi connectivity index (χ0n) is 21.9. The van der Waals surface area contributed by atoms with Crippen molar-refractivity contribution >= 4 is 33.8 Å². The van der Waals surface area contributed by atoms with Gasteiger partial charge in [0.25, 0.3) is 11.5 Å². The predicted molar refractivity (Wildman–Crippen MR) is 154 cm³/mol. The molecule has 10 heteroatoms. The number of thiazole rings is 1. The highest BCUT2D eigenvalue weighted by atomic mass is 32.1.